The second-order valence-corrected chi connectivity index (χ2v) is 8.42. The van der Waals surface area contributed by atoms with E-state index in [4.69, 9.17) is 0 Å². The van der Waals surface area contributed by atoms with Crippen LogP contribution in [0.1, 0.15) is 23.1 Å². The molecule has 1 aliphatic rings. The fraction of sp³-hybridized carbons (Fsp3) is 0.438. The van der Waals surface area contributed by atoms with Gasteiger partial charge in [-0.3, -0.25) is 9.58 Å². The van der Waals surface area contributed by atoms with Gasteiger partial charge in [0.1, 0.15) is 21.8 Å². The van der Waals surface area contributed by atoms with Crippen LogP contribution in [0.2, 0.25) is 0 Å². The zero-order chi connectivity index (χ0) is 17.3. The lowest BCUT2D eigenvalue weighted by Gasteiger charge is -2.27. The van der Waals surface area contributed by atoms with Gasteiger partial charge in [0.25, 0.3) is 0 Å². The molecule has 0 saturated carbocycles. The third-order valence-corrected chi connectivity index (χ3v) is 4.91. The van der Waals surface area contributed by atoms with Crippen molar-refractivity contribution in [2.24, 2.45) is 0 Å². The Morgan fingerprint density at radius 3 is 2.83 bits per heavy atom. The molecule has 3 rings (SSSR count). The average molecular weight is 353 g/mol. The number of hydrogen-bond acceptors (Lipinski definition) is 5. The molecular weight excluding hydrogens is 333 g/mol. The van der Waals surface area contributed by atoms with Gasteiger partial charge in [-0.2, -0.15) is 5.10 Å². The number of aliphatic hydroxyl groups is 1. The molecular formula is C16H20FN3O3S. The monoisotopic (exact) mass is 353 g/mol. The van der Waals surface area contributed by atoms with Gasteiger partial charge in [-0.1, -0.05) is 12.1 Å². The largest absolute Gasteiger partial charge is 0.386 e. The van der Waals surface area contributed by atoms with Crippen molar-refractivity contribution in [3.63, 3.8) is 0 Å². The first-order valence-electron chi connectivity index (χ1n) is 7.69. The maximum atomic E-state index is 13.3. The van der Waals surface area contributed by atoms with E-state index in [0.717, 1.165) is 24.1 Å². The summed E-state index contributed by atoms with van der Waals surface area (Å²) in [7, 11) is -3.27. The van der Waals surface area contributed by atoms with Crippen molar-refractivity contribution in [2.45, 2.75) is 25.7 Å². The van der Waals surface area contributed by atoms with Gasteiger partial charge in [0, 0.05) is 25.9 Å². The fourth-order valence-electron chi connectivity index (χ4n) is 2.91. The highest BCUT2D eigenvalue weighted by molar-refractivity contribution is 7.90. The van der Waals surface area contributed by atoms with Crippen LogP contribution >= 0.6 is 0 Å². The Hall–Kier alpha value is -1.77. The Balaban J connectivity index is 1.70. The van der Waals surface area contributed by atoms with Crippen LogP contribution in [0.25, 0.3) is 0 Å². The van der Waals surface area contributed by atoms with Gasteiger partial charge in [0.15, 0.2) is 0 Å². The van der Waals surface area contributed by atoms with Gasteiger partial charge in [-0.15, -0.1) is 0 Å². The van der Waals surface area contributed by atoms with Crippen LogP contribution in [0.4, 0.5) is 4.39 Å². The normalized spacial score (nSPS) is 16.8. The van der Waals surface area contributed by atoms with E-state index in [1.807, 2.05) is 6.07 Å². The highest BCUT2D eigenvalue weighted by Crippen LogP contribution is 2.20. The van der Waals surface area contributed by atoms with E-state index in [1.165, 1.54) is 12.1 Å². The maximum absolute atomic E-state index is 13.3. The van der Waals surface area contributed by atoms with E-state index >= 15 is 0 Å². The summed E-state index contributed by atoms with van der Waals surface area (Å²) in [4.78, 5) is 2.17. The number of hydrogen-bond donors (Lipinski definition) is 1. The first-order chi connectivity index (χ1) is 11.3. The van der Waals surface area contributed by atoms with Crippen LogP contribution in [-0.4, -0.2) is 46.8 Å². The first kappa shape index (κ1) is 17.1. The highest BCUT2D eigenvalue weighted by Gasteiger charge is 2.23. The van der Waals surface area contributed by atoms with Gasteiger partial charge in [0.2, 0.25) is 0 Å². The Bertz CT molecular complexity index is 835. The minimum absolute atomic E-state index is 0.249. The highest BCUT2D eigenvalue weighted by atomic mass is 32.2. The molecule has 1 atom stereocenters. The lowest BCUT2D eigenvalue weighted by atomic mass is 10.2. The molecule has 24 heavy (non-hydrogen) atoms. The Morgan fingerprint density at radius 1 is 1.33 bits per heavy atom. The average Bonchev–Trinajstić information content (AvgIpc) is 2.89. The third kappa shape index (κ3) is 4.19. The van der Waals surface area contributed by atoms with Crippen LogP contribution in [0.3, 0.4) is 0 Å². The second-order valence-electron chi connectivity index (χ2n) is 6.23. The lowest BCUT2D eigenvalue weighted by Crippen LogP contribution is -2.33. The smallest absolute Gasteiger partial charge is 0.150 e. The van der Waals surface area contributed by atoms with Crippen molar-refractivity contribution in [2.75, 3.05) is 18.6 Å². The Kier molecular flexibility index (Phi) is 4.71. The topological polar surface area (TPSA) is 75.4 Å². The number of rotatable bonds is 5. The number of fused-ring (bicyclic) bond motifs is 1. The molecule has 1 N–H and O–H groups in total. The first-order valence-corrected chi connectivity index (χ1v) is 9.75. The van der Waals surface area contributed by atoms with Gasteiger partial charge in [0.05, 0.1) is 23.7 Å². The number of aliphatic hydroxyl groups excluding tert-OH is 1. The summed E-state index contributed by atoms with van der Waals surface area (Å²) in [6, 6.07) is 8.26. The number of benzene rings is 1. The van der Waals surface area contributed by atoms with E-state index in [9.17, 15) is 17.9 Å². The van der Waals surface area contributed by atoms with E-state index < -0.39 is 15.9 Å². The van der Waals surface area contributed by atoms with Crippen molar-refractivity contribution in [1.29, 1.82) is 0 Å². The number of nitrogens with zero attached hydrogens (tertiary/aromatic N) is 3. The van der Waals surface area contributed by atoms with Crippen molar-refractivity contribution in [3.05, 3.63) is 53.1 Å². The zero-order valence-electron chi connectivity index (χ0n) is 13.4. The molecule has 8 heteroatoms. The lowest BCUT2D eigenvalue weighted by molar-refractivity contribution is 0.191. The summed E-state index contributed by atoms with van der Waals surface area (Å²) in [5, 5.41) is 14.3. The SMILES string of the molecule is CS(=O)(=O)C[C@H](O)c1cc2n(n1)CCN(Cc1cccc(F)c1)C2. The van der Waals surface area contributed by atoms with Gasteiger partial charge in [-0.05, 0) is 23.8 Å². The van der Waals surface area contributed by atoms with Crippen LogP contribution in [0.5, 0.6) is 0 Å². The molecule has 2 heterocycles. The van der Waals surface area contributed by atoms with E-state index in [1.54, 1.807) is 16.8 Å². The zero-order valence-corrected chi connectivity index (χ0v) is 14.2. The third-order valence-electron chi connectivity index (χ3n) is 3.99. The Morgan fingerprint density at radius 2 is 2.12 bits per heavy atom. The maximum Gasteiger partial charge on any atom is 0.150 e. The Labute approximate surface area is 140 Å². The molecule has 0 unspecified atom stereocenters. The molecule has 1 aromatic heterocycles. The van der Waals surface area contributed by atoms with Gasteiger partial charge in [-0.25, -0.2) is 12.8 Å². The van der Waals surface area contributed by atoms with Crippen LogP contribution in [-0.2, 0) is 29.5 Å². The van der Waals surface area contributed by atoms with Crippen LogP contribution < -0.4 is 0 Å². The molecule has 0 radical (unpaired) electrons. The molecule has 0 amide bonds. The summed E-state index contributed by atoms with van der Waals surface area (Å²) < 4.78 is 37.7. The number of halogens is 1. The fourth-order valence-corrected chi connectivity index (χ4v) is 3.65. The van der Waals surface area contributed by atoms with Gasteiger partial charge >= 0.3 is 0 Å². The summed E-state index contributed by atoms with van der Waals surface area (Å²) in [5.41, 5.74) is 2.20. The molecule has 1 aromatic carbocycles. The molecule has 0 saturated heterocycles. The summed E-state index contributed by atoms with van der Waals surface area (Å²) in [6.07, 6.45) is -0.0257. The molecule has 0 fully saturated rings. The molecule has 0 spiro atoms. The van der Waals surface area contributed by atoms with Crippen molar-refractivity contribution in [1.82, 2.24) is 14.7 Å². The summed E-state index contributed by atoms with van der Waals surface area (Å²) in [6.45, 7) is 2.66. The molecule has 0 aliphatic carbocycles. The molecule has 130 valence electrons. The summed E-state index contributed by atoms with van der Waals surface area (Å²) in [5.74, 6) is -0.586. The predicted octanol–water partition coefficient (Wildman–Crippen LogP) is 1.12. The van der Waals surface area contributed by atoms with Crippen molar-refractivity contribution in [3.8, 4) is 0 Å². The molecule has 0 bridgehead atoms. The summed E-state index contributed by atoms with van der Waals surface area (Å²) >= 11 is 0. The van der Waals surface area contributed by atoms with Crippen molar-refractivity contribution < 1.29 is 17.9 Å². The predicted molar refractivity (Wildman–Crippen MR) is 87.4 cm³/mol. The molecule has 2 aromatic rings. The van der Waals surface area contributed by atoms with Crippen LogP contribution in [0, 0.1) is 5.82 Å². The minimum Gasteiger partial charge on any atom is -0.386 e. The van der Waals surface area contributed by atoms with Crippen molar-refractivity contribution >= 4 is 9.84 Å². The number of aromatic nitrogens is 2. The molecule has 1 aliphatic heterocycles. The number of sulfone groups is 1. The van der Waals surface area contributed by atoms with Gasteiger partial charge < -0.3 is 5.11 Å². The molecule has 6 nitrogen and oxygen atoms in total. The van der Waals surface area contributed by atoms with E-state index in [2.05, 4.69) is 10.00 Å². The standard InChI is InChI=1S/C16H20FN3O3S/c1-24(22,23)11-16(21)15-8-14-10-19(5-6-20(14)18-15)9-12-3-2-4-13(17)7-12/h2-4,7-8,16,21H,5-6,9-11H2,1H3/t16-/m0/s1. The van der Waals surface area contributed by atoms with E-state index in [0.29, 0.717) is 25.3 Å². The quantitative estimate of drug-likeness (QED) is 0.872. The van der Waals surface area contributed by atoms with Crippen LogP contribution in [0.15, 0.2) is 30.3 Å². The second kappa shape index (κ2) is 6.62. The van der Waals surface area contributed by atoms with E-state index in [-0.39, 0.29) is 11.6 Å². The minimum atomic E-state index is -3.27.